The highest BCUT2D eigenvalue weighted by Gasteiger charge is 2.31. The van der Waals surface area contributed by atoms with Crippen molar-refractivity contribution in [1.29, 1.82) is 0 Å². The molecule has 2 rings (SSSR count). The van der Waals surface area contributed by atoms with Gasteiger partial charge in [-0.25, -0.2) is 4.39 Å². The second-order valence-electron chi connectivity index (χ2n) is 3.59. The highest BCUT2D eigenvalue weighted by atomic mass is 32.2. The lowest BCUT2D eigenvalue weighted by molar-refractivity contribution is -0.137. The van der Waals surface area contributed by atoms with E-state index in [1.54, 1.807) is 0 Å². The molecule has 1 heterocycles. The van der Waals surface area contributed by atoms with Crippen molar-refractivity contribution in [1.82, 2.24) is 5.32 Å². The van der Waals surface area contributed by atoms with E-state index in [1.165, 1.54) is 0 Å². The molecule has 1 N–H and O–H groups in total. The molecule has 1 aliphatic heterocycles. The summed E-state index contributed by atoms with van der Waals surface area (Å²) in [5.74, 6) is -1.39. The van der Waals surface area contributed by atoms with E-state index in [0.717, 1.165) is 17.8 Å². The molecule has 19 heavy (non-hydrogen) atoms. The van der Waals surface area contributed by atoms with Crippen molar-refractivity contribution in [3.05, 3.63) is 40.0 Å². The molecule has 100 valence electrons. The number of carbonyl (C=O) groups is 1. The molecule has 1 fully saturated rings. The van der Waals surface area contributed by atoms with Crippen LogP contribution < -0.4 is 5.32 Å². The molecule has 1 saturated heterocycles. The van der Waals surface area contributed by atoms with Crippen LogP contribution in [0.1, 0.15) is 11.1 Å². The Balaban J connectivity index is 2.43. The van der Waals surface area contributed by atoms with E-state index in [0.29, 0.717) is 18.2 Å². The summed E-state index contributed by atoms with van der Waals surface area (Å²) in [6.45, 7) is 0. The topological polar surface area (TPSA) is 29.1 Å². The molecule has 0 saturated carbocycles. The number of hydrogen-bond acceptors (Lipinski definition) is 3. The first kappa shape index (κ1) is 14.0. The maximum atomic E-state index is 13.4. The molecular formula is C11H5F4NOS2. The molecule has 0 aromatic heterocycles. The summed E-state index contributed by atoms with van der Waals surface area (Å²) in [5, 5.41) is 2.29. The molecule has 8 heteroatoms. The van der Waals surface area contributed by atoms with Gasteiger partial charge in [0.2, 0.25) is 0 Å². The maximum Gasteiger partial charge on any atom is 0.416 e. The second kappa shape index (κ2) is 4.93. The number of thioether (sulfide) groups is 1. The maximum absolute atomic E-state index is 13.4. The van der Waals surface area contributed by atoms with Gasteiger partial charge < -0.3 is 5.32 Å². The third kappa shape index (κ3) is 3.13. The van der Waals surface area contributed by atoms with E-state index in [-0.39, 0.29) is 14.8 Å². The summed E-state index contributed by atoms with van der Waals surface area (Å²) in [4.78, 5) is 11.4. The van der Waals surface area contributed by atoms with Gasteiger partial charge in [0.15, 0.2) is 0 Å². The van der Waals surface area contributed by atoms with Crippen LogP contribution in [0, 0.1) is 5.82 Å². The van der Waals surface area contributed by atoms with Gasteiger partial charge in [-0.05, 0) is 24.3 Å². The normalized spacial score (nSPS) is 18.0. The van der Waals surface area contributed by atoms with Crippen LogP contribution in [0.5, 0.6) is 0 Å². The zero-order valence-corrected chi connectivity index (χ0v) is 10.7. The van der Waals surface area contributed by atoms with Gasteiger partial charge in [-0.15, -0.1) is 0 Å². The van der Waals surface area contributed by atoms with E-state index in [4.69, 9.17) is 12.2 Å². The molecule has 1 aromatic carbocycles. The number of rotatable bonds is 1. The fraction of sp³-hybridized carbons (Fsp3) is 0.0909. The molecule has 0 radical (unpaired) electrons. The van der Waals surface area contributed by atoms with Crippen molar-refractivity contribution in [2.75, 3.05) is 0 Å². The Bertz CT molecular complexity index is 595. The third-order valence-corrected chi connectivity index (χ3v) is 3.41. The molecule has 1 aromatic rings. The highest BCUT2D eigenvalue weighted by molar-refractivity contribution is 8.26. The molecule has 0 unspecified atom stereocenters. The lowest BCUT2D eigenvalue weighted by Crippen LogP contribution is -2.17. The van der Waals surface area contributed by atoms with Crippen molar-refractivity contribution in [3.63, 3.8) is 0 Å². The van der Waals surface area contributed by atoms with Crippen LogP contribution in [-0.4, -0.2) is 10.2 Å². The minimum absolute atomic E-state index is 0.0585. The lowest BCUT2D eigenvalue weighted by atomic mass is 10.1. The lowest BCUT2D eigenvalue weighted by Gasteiger charge is -2.07. The van der Waals surface area contributed by atoms with Crippen LogP contribution in [0.2, 0.25) is 0 Å². The summed E-state index contributed by atoms with van der Waals surface area (Å²) in [6, 6.07) is 2.01. The second-order valence-corrected chi connectivity index (χ2v) is 5.31. The highest BCUT2D eigenvalue weighted by Crippen LogP contribution is 2.32. The smallest absolute Gasteiger partial charge is 0.307 e. The van der Waals surface area contributed by atoms with Crippen LogP contribution >= 0.6 is 24.0 Å². The van der Waals surface area contributed by atoms with Crippen LogP contribution in [0.15, 0.2) is 23.1 Å². The van der Waals surface area contributed by atoms with Crippen LogP contribution in [0.4, 0.5) is 17.6 Å². The van der Waals surface area contributed by atoms with Gasteiger partial charge in [0.05, 0.1) is 10.5 Å². The quantitative estimate of drug-likeness (QED) is 0.490. The standard InChI is InChI=1S/C11H5F4NOS2/c12-7-2-1-6(11(13,14)15)3-5(7)4-8-9(17)16-10(18)19-8/h1-4H,(H,16,17,18). The Morgan fingerprint density at radius 2 is 2.00 bits per heavy atom. The average molecular weight is 307 g/mol. The molecule has 1 amide bonds. The van der Waals surface area contributed by atoms with Crippen molar-refractivity contribution in [2.45, 2.75) is 6.18 Å². The minimum atomic E-state index is -4.57. The van der Waals surface area contributed by atoms with E-state index in [2.05, 4.69) is 5.32 Å². The summed E-state index contributed by atoms with van der Waals surface area (Å²) in [5.41, 5.74) is -1.29. The first-order valence-electron chi connectivity index (χ1n) is 4.89. The number of alkyl halides is 3. The van der Waals surface area contributed by atoms with E-state index >= 15 is 0 Å². The van der Waals surface area contributed by atoms with Gasteiger partial charge in [0.25, 0.3) is 5.91 Å². The predicted molar refractivity (Wildman–Crippen MR) is 67.7 cm³/mol. The Labute approximate surface area is 114 Å². The van der Waals surface area contributed by atoms with Gasteiger partial charge in [-0.3, -0.25) is 4.79 Å². The van der Waals surface area contributed by atoms with Gasteiger partial charge in [0.1, 0.15) is 10.1 Å². The van der Waals surface area contributed by atoms with Crippen molar-refractivity contribution in [2.24, 2.45) is 0 Å². The summed E-state index contributed by atoms with van der Waals surface area (Å²) in [7, 11) is 0. The molecule has 0 atom stereocenters. The number of thiocarbonyl (C=S) groups is 1. The molecule has 1 aliphatic rings. The number of carbonyl (C=O) groups excluding carboxylic acids is 1. The molecular weight excluding hydrogens is 302 g/mol. The zero-order valence-electron chi connectivity index (χ0n) is 9.05. The first-order valence-corrected chi connectivity index (χ1v) is 6.11. The fourth-order valence-corrected chi connectivity index (χ4v) is 2.43. The Morgan fingerprint density at radius 1 is 1.32 bits per heavy atom. The number of halogens is 4. The molecule has 0 aliphatic carbocycles. The van der Waals surface area contributed by atoms with Crippen LogP contribution in [0.3, 0.4) is 0 Å². The Kier molecular flexibility index (Phi) is 3.64. The van der Waals surface area contributed by atoms with Gasteiger partial charge >= 0.3 is 6.18 Å². The van der Waals surface area contributed by atoms with Crippen molar-refractivity contribution < 1.29 is 22.4 Å². The Morgan fingerprint density at radius 3 is 2.53 bits per heavy atom. The van der Waals surface area contributed by atoms with Crippen molar-refractivity contribution in [3.8, 4) is 0 Å². The van der Waals surface area contributed by atoms with Crippen LogP contribution in [0.25, 0.3) is 6.08 Å². The summed E-state index contributed by atoms with van der Waals surface area (Å²) < 4.78 is 51.1. The van der Waals surface area contributed by atoms with Gasteiger partial charge in [0, 0.05) is 5.56 Å². The van der Waals surface area contributed by atoms with Crippen molar-refractivity contribution >= 4 is 40.3 Å². The zero-order chi connectivity index (χ0) is 14.2. The number of nitrogens with one attached hydrogen (secondary N) is 1. The molecule has 2 nitrogen and oxygen atoms in total. The Hall–Kier alpha value is -1.41. The fourth-order valence-electron chi connectivity index (χ4n) is 1.39. The summed E-state index contributed by atoms with van der Waals surface area (Å²) >= 11 is 5.60. The number of benzene rings is 1. The van der Waals surface area contributed by atoms with E-state index in [1.807, 2.05) is 0 Å². The first-order chi connectivity index (χ1) is 8.77. The van der Waals surface area contributed by atoms with Crippen LogP contribution in [-0.2, 0) is 11.0 Å². The van der Waals surface area contributed by atoms with Gasteiger partial charge in [-0.1, -0.05) is 24.0 Å². The summed E-state index contributed by atoms with van der Waals surface area (Å²) in [6.07, 6.45) is -3.52. The van der Waals surface area contributed by atoms with E-state index < -0.39 is 23.5 Å². The van der Waals surface area contributed by atoms with E-state index in [9.17, 15) is 22.4 Å². The average Bonchev–Trinajstić information content (AvgIpc) is 2.59. The minimum Gasteiger partial charge on any atom is -0.307 e. The molecule has 0 spiro atoms. The third-order valence-electron chi connectivity index (χ3n) is 2.25. The largest absolute Gasteiger partial charge is 0.416 e. The number of amides is 1. The molecule has 0 bridgehead atoms. The van der Waals surface area contributed by atoms with Gasteiger partial charge in [-0.2, -0.15) is 13.2 Å². The predicted octanol–water partition coefficient (Wildman–Crippen LogP) is 3.33. The monoisotopic (exact) mass is 307 g/mol. The number of hydrogen-bond donors (Lipinski definition) is 1. The SMILES string of the molecule is O=C1NC(=S)SC1=Cc1cc(C(F)(F)F)ccc1F.